The number of carbonyl (C=O) groups is 1. The van der Waals surface area contributed by atoms with Crippen molar-refractivity contribution >= 4 is 17.4 Å². The smallest absolute Gasteiger partial charge is 0.258 e. The molecule has 3 rings (SSSR count). The molecule has 1 N–H and O–H groups in total. The van der Waals surface area contributed by atoms with Gasteiger partial charge in [-0.3, -0.25) is 9.78 Å². The van der Waals surface area contributed by atoms with E-state index in [0.717, 1.165) is 17.1 Å². The normalized spacial score (nSPS) is 10.2. The van der Waals surface area contributed by atoms with Gasteiger partial charge in [-0.25, -0.2) is 4.98 Å². The summed E-state index contributed by atoms with van der Waals surface area (Å²) in [5.74, 6) is 0.781. The molecule has 0 radical (unpaired) electrons. The van der Waals surface area contributed by atoms with E-state index >= 15 is 0 Å². The van der Waals surface area contributed by atoms with Crippen molar-refractivity contribution in [3.05, 3.63) is 84.3 Å². The van der Waals surface area contributed by atoms with Crippen LogP contribution in [0, 0.1) is 0 Å². The number of hydrogen-bond acceptors (Lipinski definition) is 4. The summed E-state index contributed by atoms with van der Waals surface area (Å²) in [6.07, 6.45) is 4.99. The second kappa shape index (κ2) is 7.37. The van der Waals surface area contributed by atoms with Crippen LogP contribution in [0.15, 0.2) is 73.2 Å². The number of nitrogens with zero attached hydrogens (tertiary/aromatic N) is 3. The molecule has 5 heteroatoms. The number of rotatable bonds is 5. The fourth-order valence-electron chi connectivity index (χ4n) is 2.30. The van der Waals surface area contributed by atoms with Crippen LogP contribution >= 0.6 is 0 Å². The molecular weight excluding hydrogens is 300 g/mol. The zero-order valence-electron chi connectivity index (χ0n) is 13.4. The minimum atomic E-state index is -0.0586. The van der Waals surface area contributed by atoms with Gasteiger partial charge in [-0.2, -0.15) is 0 Å². The molecule has 0 spiro atoms. The third kappa shape index (κ3) is 3.76. The van der Waals surface area contributed by atoms with E-state index in [9.17, 15) is 4.79 Å². The van der Waals surface area contributed by atoms with Crippen molar-refractivity contribution in [3.8, 4) is 0 Å². The molecule has 0 saturated carbocycles. The molecule has 0 aliphatic rings. The minimum Gasteiger partial charge on any atom is -0.366 e. The van der Waals surface area contributed by atoms with E-state index in [-0.39, 0.29) is 5.91 Å². The van der Waals surface area contributed by atoms with Gasteiger partial charge in [-0.15, -0.1) is 0 Å². The van der Waals surface area contributed by atoms with Crippen molar-refractivity contribution in [2.24, 2.45) is 0 Å². The molecule has 0 aliphatic carbocycles. The maximum absolute atomic E-state index is 12.4. The van der Waals surface area contributed by atoms with Crippen molar-refractivity contribution in [2.45, 2.75) is 6.54 Å². The van der Waals surface area contributed by atoms with Gasteiger partial charge in [0.1, 0.15) is 5.82 Å². The number of carbonyl (C=O) groups excluding carboxylic acids is 1. The van der Waals surface area contributed by atoms with Crippen LogP contribution in [-0.4, -0.2) is 22.9 Å². The van der Waals surface area contributed by atoms with Crippen LogP contribution in [0.4, 0.5) is 11.5 Å². The summed E-state index contributed by atoms with van der Waals surface area (Å²) in [5, 5.41) is 3.26. The zero-order chi connectivity index (χ0) is 16.8. The Kier molecular flexibility index (Phi) is 4.81. The molecule has 0 saturated heterocycles. The van der Waals surface area contributed by atoms with E-state index in [1.54, 1.807) is 42.7 Å². The Morgan fingerprint density at radius 2 is 1.75 bits per heavy atom. The average molecular weight is 318 g/mol. The number of aromatic nitrogens is 2. The van der Waals surface area contributed by atoms with Crippen LogP contribution < -0.4 is 10.2 Å². The molecule has 5 nitrogen and oxygen atoms in total. The second-order valence-electron chi connectivity index (χ2n) is 5.34. The molecule has 0 fully saturated rings. The molecule has 0 aliphatic heterocycles. The van der Waals surface area contributed by atoms with Gasteiger partial charge in [0.15, 0.2) is 0 Å². The molecule has 0 bridgehead atoms. The topological polar surface area (TPSA) is 58.1 Å². The first kappa shape index (κ1) is 15.7. The van der Waals surface area contributed by atoms with E-state index in [0.29, 0.717) is 12.1 Å². The van der Waals surface area contributed by atoms with Gasteiger partial charge in [0, 0.05) is 43.4 Å². The zero-order valence-corrected chi connectivity index (χ0v) is 13.4. The van der Waals surface area contributed by atoms with Crippen LogP contribution in [0.3, 0.4) is 0 Å². The lowest BCUT2D eigenvalue weighted by Gasteiger charge is -2.17. The van der Waals surface area contributed by atoms with Crippen LogP contribution in [0.5, 0.6) is 0 Å². The Balaban J connectivity index is 1.64. The highest BCUT2D eigenvalue weighted by molar-refractivity contribution is 6.05. The first-order chi connectivity index (χ1) is 11.7. The fraction of sp³-hybridized carbons (Fsp3) is 0.105. The number of amides is 1. The van der Waals surface area contributed by atoms with E-state index in [4.69, 9.17) is 0 Å². The molecule has 1 aromatic carbocycles. The molecule has 3 aromatic rings. The van der Waals surface area contributed by atoms with Crippen molar-refractivity contribution < 1.29 is 4.79 Å². The van der Waals surface area contributed by atoms with Crippen molar-refractivity contribution in [1.82, 2.24) is 9.97 Å². The van der Waals surface area contributed by atoms with Crippen LogP contribution in [-0.2, 0) is 6.54 Å². The molecular formula is C19H18N4O. The van der Waals surface area contributed by atoms with Gasteiger partial charge in [-0.1, -0.05) is 18.2 Å². The van der Waals surface area contributed by atoms with Gasteiger partial charge >= 0.3 is 0 Å². The lowest BCUT2D eigenvalue weighted by atomic mass is 10.1. The largest absolute Gasteiger partial charge is 0.366 e. The van der Waals surface area contributed by atoms with Crippen LogP contribution in [0.1, 0.15) is 15.9 Å². The Hall–Kier alpha value is -3.21. The molecule has 1 amide bonds. The predicted molar refractivity (Wildman–Crippen MR) is 95.0 cm³/mol. The summed E-state index contributed by atoms with van der Waals surface area (Å²) >= 11 is 0. The Morgan fingerprint density at radius 1 is 1.00 bits per heavy atom. The van der Waals surface area contributed by atoms with E-state index in [2.05, 4.69) is 15.3 Å². The first-order valence-electron chi connectivity index (χ1n) is 7.66. The average Bonchev–Trinajstić information content (AvgIpc) is 2.67. The monoisotopic (exact) mass is 318 g/mol. The summed E-state index contributed by atoms with van der Waals surface area (Å²) in [6.45, 7) is 0.680. The SMILES string of the molecule is CN(C(=O)c1ccncc1)c1ccc(CNc2ccccn2)cc1. The second-order valence-corrected chi connectivity index (χ2v) is 5.34. The Labute approximate surface area is 141 Å². The third-order valence-electron chi connectivity index (χ3n) is 3.69. The lowest BCUT2D eigenvalue weighted by Crippen LogP contribution is -2.26. The highest BCUT2D eigenvalue weighted by Gasteiger charge is 2.12. The summed E-state index contributed by atoms with van der Waals surface area (Å²) in [6, 6.07) is 17.1. The van der Waals surface area contributed by atoms with Crippen molar-refractivity contribution in [3.63, 3.8) is 0 Å². The Morgan fingerprint density at radius 3 is 2.42 bits per heavy atom. The van der Waals surface area contributed by atoms with Crippen LogP contribution in [0.2, 0.25) is 0 Å². The predicted octanol–water partition coefficient (Wildman–Crippen LogP) is 3.37. The number of pyridine rings is 2. The molecule has 120 valence electrons. The molecule has 0 unspecified atom stereocenters. The maximum Gasteiger partial charge on any atom is 0.258 e. The molecule has 24 heavy (non-hydrogen) atoms. The molecule has 2 aromatic heterocycles. The summed E-state index contributed by atoms with van der Waals surface area (Å²) in [5.41, 5.74) is 2.58. The summed E-state index contributed by atoms with van der Waals surface area (Å²) in [4.78, 5) is 22.2. The maximum atomic E-state index is 12.4. The minimum absolute atomic E-state index is 0.0586. The highest BCUT2D eigenvalue weighted by Crippen LogP contribution is 2.17. The Bertz CT molecular complexity index is 789. The third-order valence-corrected chi connectivity index (χ3v) is 3.69. The lowest BCUT2D eigenvalue weighted by molar-refractivity contribution is 0.0993. The van der Waals surface area contributed by atoms with Gasteiger partial charge in [0.05, 0.1) is 0 Å². The van der Waals surface area contributed by atoms with Crippen molar-refractivity contribution in [2.75, 3.05) is 17.3 Å². The number of nitrogens with one attached hydrogen (secondary N) is 1. The van der Waals surface area contributed by atoms with Gasteiger partial charge in [0.25, 0.3) is 5.91 Å². The summed E-state index contributed by atoms with van der Waals surface area (Å²) < 4.78 is 0. The van der Waals surface area contributed by atoms with Gasteiger partial charge < -0.3 is 10.2 Å². The number of benzene rings is 1. The van der Waals surface area contributed by atoms with Crippen LogP contribution in [0.25, 0.3) is 0 Å². The molecule has 0 atom stereocenters. The first-order valence-corrected chi connectivity index (χ1v) is 7.66. The quantitative estimate of drug-likeness (QED) is 0.783. The van der Waals surface area contributed by atoms with E-state index in [1.807, 2.05) is 42.5 Å². The van der Waals surface area contributed by atoms with Gasteiger partial charge in [0.2, 0.25) is 0 Å². The number of anilines is 2. The molecule has 2 heterocycles. The fourth-order valence-corrected chi connectivity index (χ4v) is 2.30. The van der Waals surface area contributed by atoms with Crippen molar-refractivity contribution in [1.29, 1.82) is 0 Å². The summed E-state index contributed by atoms with van der Waals surface area (Å²) in [7, 11) is 1.77. The standard InChI is InChI=1S/C19H18N4O/c1-23(19(24)16-9-12-20-13-10-16)17-7-5-15(6-8-17)14-22-18-4-2-3-11-21-18/h2-13H,14H2,1H3,(H,21,22). The van der Waals surface area contributed by atoms with E-state index in [1.165, 1.54) is 0 Å². The number of hydrogen-bond donors (Lipinski definition) is 1. The van der Waals surface area contributed by atoms with E-state index < -0.39 is 0 Å². The highest BCUT2D eigenvalue weighted by atomic mass is 16.2. The van der Waals surface area contributed by atoms with Gasteiger partial charge in [-0.05, 0) is 42.0 Å².